The van der Waals surface area contributed by atoms with E-state index < -0.39 is 12.0 Å². The summed E-state index contributed by atoms with van der Waals surface area (Å²) in [7, 11) is 0. The zero-order valence-electron chi connectivity index (χ0n) is 7.90. The molecule has 0 bridgehead atoms. The Kier molecular flexibility index (Phi) is 3.24. The molecule has 0 saturated carbocycles. The smallest absolute Gasteiger partial charge is 0.325 e. The first kappa shape index (κ1) is 10.7. The maximum Gasteiger partial charge on any atom is 0.325 e. The molecule has 4 nitrogen and oxygen atoms in total. The van der Waals surface area contributed by atoms with Crippen molar-refractivity contribution in [1.29, 1.82) is 0 Å². The quantitative estimate of drug-likeness (QED) is 0.794. The Labute approximate surface area is 85.6 Å². The molecule has 1 heterocycles. The van der Waals surface area contributed by atoms with E-state index in [1.807, 2.05) is 13.0 Å². The number of hydrogen-bond donors (Lipinski definition) is 2. The maximum atomic E-state index is 11.5. The largest absolute Gasteiger partial charge is 0.480 e. The fourth-order valence-corrected chi connectivity index (χ4v) is 1.76. The predicted octanol–water partition coefficient (Wildman–Crippen LogP) is 1.26. The zero-order valence-corrected chi connectivity index (χ0v) is 8.72. The van der Waals surface area contributed by atoms with Crippen LogP contribution in [0.5, 0.6) is 0 Å². The lowest BCUT2D eigenvalue weighted by Gasteiger charge is -2.08. The second-order valence-corrected chi connectivity index (χ2v) is 3.88. The summed E-state index contributed by atoms with van der Waals surface area (Å²) >= 11 is 1.31. The molecule has 0 spiro atoms. The summed E-state index contributed by atoms with van der Waals surface area (Å²) in [5.41, 5.74) is 0.866. The molecule has 14 heavy (non-hydrogen) atoms. The van der Waals surface area contributed by atoms with Crippen LogP contribution in [0.2, 0.25) is 0 Å². The summed E-state index contributed by atoms with van der Waals surface area (Å²) in [5.74, 6) is -1.36. The average molecular weight is 213 g/mol. The van der Waals surface area contributed by atoms with E-state index in [1.165, 1.54) is 18.3 Å². The molecule has 2 N–H and O–H groups in total. The molecule has 1 atom stereocenters. The molecule has 0 saturated heterocycles. The molecule has 0 aliphatic carbocycles. The van der Waals surface area contributed by atoms with Crippen molar-refractivity contribution >= 4 is 23.2 Å². The number of aryl methyl sites for hydroxylation is 1. The fourth-order valence-electron chi connectivity index (χ4n) is 0.929. The molecule has 5 heteroatoms. The molecular formula is C9H11NO3S. The standard InChI is InChI=1S/C9H11NO3S/c1-5-3-4-14-7(5)8(11)10-6(2)9(12)13/h3-4,6H,1-2H3,(H,10,11)(H,12,13)/t6-/m0/s1. The van der Waals surface area contributed by atoms with Crippen LogP contribution in [-0.2, 0) is 4.79 Å². The number of carboxylic acids is 1. The van der Waals surface area contributed by atoms with E-state index in [-0.39, 0.29) is 5.91 Å². The van der Waals surface area contributed by atoms with Crippen LogP contribution in [0.15, 0.2) is 11.4 Å². The van der Waals surface area contributed by atoms with E-state index in [4.69, 9.17) is 5.11 Å². The molecule has 1 aromatic rings. The summed E-state index contributed by atoms with van der Waals surface area (Å²) in [4.78, 5) is 22.5. The lowest BCUT2D eigenvalue weighted by molar-refractivity contribution is -0.138. The van der Waals surface area contributed by atoms with Gasteiger partial charge in [-0.05, 0) is 30.9 Å². The van der Waals surface area contributed by atoms with Gasteiger partial charge in [-0.2, -0.15) is 0 Å². The van der Waals surface area contributed by atoms with E-state index in [0.717, 1.165) is 5.56 Å². The number of amides is 1. The molecule has 76 valence electrons. The number of nitrogens with one attached hydrogen (secondary N) is 1. The van der Waals surface area contributed by atoms with Crippen molar-refractivity contribution in [2.75, 3.05) is 0 Å². The molecule has 0 aliphatic rings. The summed E-state index contributed by atoms with van der Waals surface area (Å²) in [6.45, 7) is 3.25. The van der Waals surface area contributed by atoms with Crippen molar-refractivity contribution in [3.8, 4) is 0 Å². The van der Waals surface area contributed by atoms with Crippen LogP contribution < -0.4 is 5.32 Å². The SMILES string of the molecule is Cc1ccsc1C(=O)N[C@@H](C)C(=O)O. The number of carboxylic acid groups (broad SMARTS) is 1. The Morgan fingerprint density at radius 3 is 2.64 bits per heavy atom. The molecule has 0 radical (unpaired) electrons. The molecule has 0 fully saturated rings. The highest BCUT2D eigenvalue weighted by molar-refractivity contribution is 7.12. The van der Waals surface area contributed by atoms with Crippen molar-refractivity contribution in [1.82, 2.24) is 5.32 Å². The topological polar surface area (TPSA) is 66.4 Å². The van der Waals surface area contributed by atoms with Crippen LogP contribution in [0.25, 0.3) is 0 Å². The number of aliphatic carboxylic acids is 1. The van der Waals surface area contributed by atoms with Gasteiger partial charge in [-0.1, -0.05) is 0 Å². The third-order valence-corrected chi connectivity index (χ3v) is 2.80. The van der Waals surface area contributed by atoms with Crippen LogP contribution in [0.3, 0.4) is 0 Å². The van der Waals surface area contributed by atoms with Crippen LogP contribution in [0, 0.1) is 6.92 Å². The van der Waals surface area contributed by atoms with Crippen molar-refractivity contribution in [2.24, 2.45) is 0 Å². The van der Waals surface area contributed by atoms with Gasteiger partial charge in [-0.3, -0.25) is 9.59 Å². The van der Waals surface area contributed by atoms with E-state index in [0.29, 0.717) is 4.88 Å². The van der Waals surface area contributed by atoms with Gasteiger partial charge in [-0.25, -0.2) is 0 Å². The van der Waals surface area contributed by atoms with E-state index in [2.05, 4.69) is 5.32 Å². The van der Waals surface area contributed by atoms with Gasteiger partial charge in [0.2, 0.25) is 0 Å². The van der Waals surface area contributed by atoms with Crippen molar-refractivity contribution in [2.45, 2.75) is 19.9 Å². The number of carbonyl (C=O) groups is 2. The Morgan fingerprint density at radius 1 is 1.57 bits per heavy atom. The first-order valence-electron chi connectivity index (χ1n) is 4.10. The van der Waals surface area contributed by atoms with E-state index in [1.54, 1.807) is 5.38 Å². The lowest BCUT2D eigenvalue weighted by atomic mass is 10.2. The predicted molar refractivity (Wildman–Crippen MR) is 53.6 cm³/mol. The molecule has 0 aliphatic heterocycles. The fraction of sp³-hybridized carbons (Fsp3) is 0.333. The van der Waals surface area contributed by atoms with Gasteiger partial charge in [-0.15, -0.1) is 11.3 Å². The third-order valence-electron chi connectivity index (χ3n) is 1.79. The Balaban J connectivity index is 2.69. The van der Waals surface area contributed by atoms with Crippen molar-refractivity contribution in [3.05, 3.63) is 21.9 Å². The normalized spacial score (nSPS) is 12.1. The monoisotopic (exact) mass is 213 g/mol. The minimum atomic E-state index is -1.03. The van der Waals surface area contributed by atoms with Crippen molar-refractivity contribution in [3.63, 3.8) is 0 Å². The van der Waals surface area contributed by atoms with Crippen LogP contribution in [0.1, 0.15) is 22.2 Å². The number of hydrogen-bond acceptors (Lipinski definition) is 3. The van der Waals surface area contributed by atoms with Gasteiger partial charge < -0.3 is 10.4 Å². The van der Waals surface area contributed by atoms with Crippen LogP contribution >= 0.6 is 11.3 Å². The van der Waals surface area contributed by atoms with Crippen LogP contribution in [-0.4, -0.2) is 23.0 Å². The molecule has 1 amide bonds. The Bertz CT molecular complexity index is 359. The molecule has 1 rings (SSSR count). The molecule has 0 unspecified atom stereocenters. The lowest BCUT2D eigenvalue weighted by Crippen LogP contribution is -2.38. The second kappa shape index (κ2) is 4.23. The summed E-state index contributed by atoms with van der Waals surface area (Å²) in [6.07, 6.45) is 0. The van der Waals surface area contributed by atoms with Crippen molar-refractivity contribution < 1.29 is 14.7 Å². The molecule has 0 aromatic carbocycles. The minimum Gasteiger partial charge on any atom is -0.480 e. The summed E-state index contributed by atoms with van der Waals surface area (Å²) < 4.78 is 0. The van der Waals surface area contributed by atoms with Gasteiger partial charge in [0.1, 0.15) is 6.04 Å². The zero-order chi connectivity index (χ0) is 10.7. The van der Waals surface area contributed by atoms with Gasteiger partial charge >= 0.3 is 5.97 Å². The third kappa shape index (κ3) is 2.32. The molecular weight excluding hydrogens is 202 g/mol. The number of carbonyl (C=O) groups excluding carboxylic acids is 1. The van der Waals surface area contributed by atoms with Gasteiger partial charge in [0.05, 0.1) is 4.88 Å². The Hall–Kier alpha value is -1.36. The minimum absolute atomic E-state index is 0.326. The first-order chi connectivity index (χ1) is 6.52. The highest BCUT2D eigenvalue weighted by Crippen LogP contribution is 2.15. The van der Waals surface area contributed by atoms with Gasteiger partial charge in [0.25, 0.3) is 5.91 Å². The Morgan fingerprint density at radius 2 is 2.21 bits per heavy atom. The first-order valence-corrected chi connectivity index (χ1v) is 4.98. The number of rotatable bonds is 3. The van der Waals surface area contributed by atoms with Crippen LogP contribution in [0.4, 0.5) is 0 Å². The second-order valence-electron chi connectivity index (χ2n) is 2.97. The maximum absolute atomic E-state index is 11.5. The number of thiophene rings is 1. The van der Waals surface area contributed by atoms with E-state index >= 15 is 0 Å². The van der Waals surface area contributed by atoms with Gasteiger partial charge in [0.15, 0.2) is 0 Å². The summed E-state index contributed by atoms with van der Waals surface area (Å²) in [6, 6.07) is 0.967. The van der Waals surface area contributed by atoms with E-state index in [9.17, 15) is 9.59 Å². The highest BCUT2D eigenvalue weighted by atomic mass is 32.1. The molecule has 1 aromatic heterocycles. The van der Waals surface area contributed by atoms with Gasteiger partial charge in [0, 0.05) is 0 Å². The summed E-state index contributed by atoms with van der Waals surface area (Å²) in [5, 5.41) is 12.8. The average Bonchev–Trinajstić information content (AvgIpc) is 2.51. The highest BCUT2D eigenvalue weighted by Gasteiger charge is 2.17.